The van der Waals surface area contributed by atoms with Gasteiger partial charge in [-0.15, -0.1) is 0 Å². The molecule has 1 heterocycles. The van der Waals surface area contributed by atoms with Crippen molar-refractivity contribution in [1.82, 2.24) is 0 Å². The second kappa shape index (κ2) is 15.8. The summed E-state index contributed by atoms with van der Waals surface area (Å²) >= 11 is 1.41. The SMILES string of the molecule is COCOC[C@H]1O[C@@H](Sc2ccccc2)[C@H](OC(=O)Nc2ccccc2)[C@@H](OCOC)[C@@H]1OCOC. The highest BCUT2D eigenvalue weighted by Gasteiger charge is 2.50. The van der Waals surface area contributed by atoms with Crippen LogP contribution in [-0.2, 0) is 37.9 Å². The van der Waals surface area contributed by atoms with Crippen LogP contribution in [0.5, 0.6) is 0 Å². The third-order valence-corrected chi connectivity index (χ3v) is 6.25. The second-order valence-corrected chi connectivity index (χ2v) is 8.86. The van der Waals surface area contributed by atoms with Crippen LogP contribution in [0, 0.1) is 0 Å². The summed E-state index contributed by atoms with van der Waals surface area (Å²) in [6.07, 6.45) is -3.55. The van der Waals surface area contributed by atoms with Crippen molar-refractivity contribution in [2.75, 3.05) is 53.6 Å². The molecule has 1 fully saturated rings. The summed E-state index contributed by atoms with van der Waals surface area (Å²) in [5.74, 6) is 0. The summed E-state index contributed by atoms with van der Waals surface area (Å²) in [5.41, 5.74) is -0.0480. The molecular weight excluding hydrogens is 490 g/mol. The minimum atomic E-state index is -0.866. The molecule has 0 unspecified atom stereocenters. The number of para-hydroxylation sites is 1. The van der Waals surface area contributed by atoms with Gasteiger partial charge in [0.1, 0.15) is 44.1 Å². The molecule has 11 heteroatoms. The van der Waals surface area contributed by atoms with Crippen molar-refractivity contribution in [3.63, 3.8) is 0 Å². The van der Waals surface area contributed by atoms with Crippen molar-refractivity contribution in [2.24, 2.45) is 0 Å². The lowest BCUT2D eigenvalue weighted by Crippen LogP contribution is -2.61. The Morgan fingerprint density at radius 1 is 0.833 bits per heavy atom. The molecule has 36 heavy (non-hydrogen) atoms. The molecule has 0 bridgehead atoms. The van der Waals surface area contributed by atoms with Gasteiger partial charge in [-0.25, -0.2) is 4.79 Å². The lowest BCUT2D eigenvalue weighted by atomic mass is 9.99. The van der Waals surface area contributed by atoms with Gasteiger partial charge in [0, 0.05) is 31.9 Å². The molecule has 1 saturated heterocycles. The van der Waals surface area contributed by atoms with E-state index in [0.717, 1.165) is 4.90 Å². The molecule has 3 rings (SSSR count). The number of carbonyl (C=O) groups excluding carboxylic acids is 1. The molecule has 0 aromatic heterocycles. The van der Waals surface area contributed by atoms with Crippen LogP contribution < -0.4 is 5.32 Å². The number of nitrogens with one attached hydrogen (secondary N) is 1. The van der Waals surface area contributed by atoms with Crippen molar-refractivity contribution in [3.8, 4) is 0 Å². The molecule has 198 valence electrons. The monoisotopic (exact) mass is 523 g/mol. The first-order valence-corrected chi connectivity index (χ1v) is 12.2. The van der Waals surface area contributed by atoms with Crippen LogP contribution in [0.2, 0.25) is 0 Å². The zero-order valence-corrected chi connectivity index (χ0v) is 21.4. The summed E-state index contributed by atoms with van der Waals surface area (Å²) in [6.45, 7) is 0.160. The third-order valence-electron chi connectivity index (χ3n) is 5.09. The minimum absolute atomic E-state index is 0.0267. The summed E-state index contributed by atoms with van der Waals surface area (Å²) in [4.78, 5) is 13.8. The maximum absolute atomic E-state index is 12.9. The number of amides is 1. The Morgan fingerprint density at radius 3 is 2.08 bits per heavy atom. The van der Waals surface area contributed by atoms with Crippen molar-refractivity contribution in [3.05, 3.63) is 60.7 Å². The maximum atomic E-state index is 12.9. The molecule has 1 N–H and O–H groups in total. The van der Waals surface area contributed by atoms with E-state index in [1.54, 1.807) is 12.1 Å². The van der Waals surface area contributed by atoms with Gasteiger partial charge in [0.15, 0.2) is 6.10 Å². The maximum Gasteiger partial charge on any atom is 0.412 e. The fourth-order valence-corrected chi connectivity index (χ4v) is 4.72. The average Bonchev–Trinajstić information content (AvgIpc) is 2.89. The van der Waals surface area contributed by atoms with Crippen LogP contribution >= 0.6 is 11.8 Å². The topological polar surface area (TPSA) is 103 Å². The van der Waals surface area contributed by atoms with Gasteiger partial charge in [-0.05, 0) is 24.3 Å². The molecule has 1 aliphatic heterocycles. The van der Waals surface area contributed by atoms with E-state index in [-0.39, 0.29) is 27.0 Å². The first-order chi connectivity index (χ1) is 17.7. The third kappa shape index (κ3) is 8.71. The first-order valence-electron chi connectivity index (χ1n) is 11.3. The van der Waals surface area contributed by atoms with E-state index in [0.29, 0.717) is 5.69 Å². The van der Waals surface area contributed by atoms with E-state index in [2.05, 4.69) is 5.32 Å². The van der Waals surface area contributed by atoms with E-state index in [1.165, 1.54) is 33.1 Å². The number of hydrogen-bond donors (Lipinski definition) is 1. The second-order valence-electron chi connectivity index (χ2n) is 7.69. The number of carbonyl (C=O) groups is 1. The van der Waals surface area contributed by atoms with Crippen LogP contribution in [0.3, 0.4) is 0 Å². The van der Waals surface area contributed by atoms with Gasteiger partial charge in [-0.3, -0.25) is 5.32 Å². The molecule has 0 radical (unpaired) electrons. The van der Waals surface area contributed by atoms with E-state index in [1.807, 2.05) is 48.5 Å². The quantitative estimate of drug-likeness (QED) is 0.291. The normalized spacial score (nSPS) is 23.8. The average molecular weight is 524 g/mol. The predicted molar refractivity (Wildman–Crippen MR) is 133 cm³/mol. The molecule has 2 aromatic rings. The van der Waals surface area contributed by atoms with Crippen LogP contribution in [0.25, 0.3) is 0 Å². The zero-order valence-electron chi connectivity index (χ0n) is 20.6. The first kappa shape index (κ1) is 28.4. The Hall–Kier alpha value is -2.22. The van der Waals surface area contributed by atoms with Gasteiger partial charge in [0.05, 0.1) is 6.61 Å². The number of anilines is 1. The molecule has 2 aromatic carbocycles. The van der Waals surface area contributed by atoms with E-state index >= 15 is 0 Å². The highest BCUT2D eigenvalue weighted by Crippen LogP contribution is 2.37. The highest BCUT2D eigenvalue weighted by atomic mass is 32.2. The molecule has 0 aliphatic carbocycles. The lowest BCUT2D eigenvalue weighted by Gasteiger charge is -2.45. The Bertz CT molecular complexity index is 876. The number of rotatable bonds is 14. The van der Waals surface area contributed by atoms with Gasteiger partial charge in [0.25, 0.3) is 0 Å². The van der Waals surface area contributed by atoms with Gasteiger partial charge < -0.3 is 37.9 Å². The molecule has 0 spiro atoms. The summed E-state index contributed by atoms with van der Waals surface area (Å²) in [6, 6.07) is 18.7. The Kier molecular flexibility index (Phi) is 12.4. The molecule has 1 amide bonds. The minimum Gasteiger partial charge on any atom is -0.439 e. The number of methoxy groups -OCH3 is 3. The molecule has 5 atom stereocenters. The Balaban J connectivity index is 1.88. The lowest BCUT2D eigenvalue weighted by molar-refractivity contribution is -0.266. The Labute approximate surface area is 215 Å². The molecule has 1 aliphatic rings. The summed E-state index contributed by atoms with van der Waals surface area (Å²) < 4.78 is 45.2. The van der Waals surface area contributed by atoms with Crippen LogP contribution in [-0.4, -0.2) is 84.3 Å². The fourth-order valence-electron chi connectivity index (χ4n) is 3.59. The number of hydrogen-bond acceptors (Lipinski definition) is 10. The largest absolute Gasteiger partial charge is 0.439 e. The summed E-state index contributed by atoms with van der Waals surface area (Å²) in [5, 5.41) is 2.74. The smallest absolute Gasteiger partial charge is 0.412 e. The Morgan fingerprint density at radius 2 is 1.44 bits per heavy atom. The van der Waals surface area contributed by atoms with Gasteiger partial charge >= 0.3 is 6.09 Å². The van der Waals surface area contributed by atoms with Gasteiger partial charge in [-0.1, -0.05) is 48.2 Å². The van der Waals surface area contributed by atoms with E-state index < -0.39 is 35.9 Å². The number of ether oxygens (including phenoxy) is 8. The number of thioether (sulfide) groups is 1. The fraction of sp³-hybridized carbons (Fsp3) is 0.480. The molecule has 10 nitrogen and oxygen atoms in total. The van der Waals surface area contributed by atoms with E-state index in [9.17, 15) is 4.79 Å². The number of benzene rings is 2. The molecular formula is C25H33NO9S. The standard InChI is InChI=1S/C25H33NO9S/c1-28-15-31-14-20-21(32-16-29-2)22(33-17-30-3)23(24(34-20)36-19-12-8-5-9-13-19)35-25(27)26-18-10-6-4-7-11-18/h4-13,20-24H,14-17H2,1-3H3,(H,26,27)/t20-,21-,22+,23-,24+/m1/s1. The van der Waals surface area contributed by atoms with Crippen LogP contribution in [0.4, 0.5) is 10.5 Å². The highest BCUT2D eigenvalue weighted by molar-refractivity contribution is 7.99. The van der Waals surface area contributed by atoms with Gasteiger partial charge in [0.2, 0.25) is 0 Å². The van der Waals surface area contributed by atoms with Gasteiger partial charge in [-0.2, -0.15) is 0 Å². The van der Waals surface area contributed by atoms with Crippen molar-refractivity contribution < 1.29 is 42.7 Å². The summed E-state index contributed by atoms with van der Waals surface area (Å²) in [7, 11) is 4.56. The zero-order chi connectivity index (χ0) is 25.6. The van der Waals surface area contributed by atoms with Crippen LogP contribution in [0.1, 0.15) is 0 Å². The van der Waals surface area contributed by atoms with E-state index in [4.69, 9.17) is 37.9 Å². The van der Waals surface area contributed by atoms with Crippen molar-refractivity contribution in [1.29, 1.82) is 0 Å². The van der Waals surface area contributed by atoms with Crippen molar-refractivity contribution >= 4 is 23.5 Å². The molecule has 0 saturated carbocycles. The predicted octanol–water partition coefficient (Wildman–Crippen LogP) is 3.72. The van der Waals surface area contributed by atoms with Crippen LogP contribution in [0.15, 0.2) is 65.6 Å². The van der Waals surface area contributed by atoms with Crippen molar-refractivity contribution in [2.45, 2.75) is 34.7 Å².